The molecule has 34 heavy (non-hydrogen) atoms. The van der Waals surface area contributed by atoms with Gasteiger partial charge in [0.15, 0.2) is 0 Å². The monoisotopic (exact) mass is 483 g/mol. The number of nitrogens with one attached hydrogen (secondary N) is 1. The van der Waals surface area contributed by atoms with E-state index in [1.807, 2.05) is 5.32 Å². The minimum Gasteiger partial charge on any atom is -0.444 e. The number of hydrogen-bond acceptors (Lipinski definition) is 6. The van der Waals surface area contributed by atoms with Crippen LogP contribution in [0.25, 0.3) is 11.1 Å². The molecule has 0 saturated carbocycles. The van der Waals surface area contributed by atoms with E-state index in [1.54, 1.807) is 6.07 Å². The van der Waals surface area contributed by atoms with Crippen LogP contribution in [-0.4, -0.2) is 48.4 Å². The van der Waals surface area contributed by atoms with Crippen LogP contribution in [-0.2, 0) is 4.74 Å². The largest absolute Gasteiger partial charge is 0.444 e. The minimum absolute atomic E-state index is 0.0439. The first-order chi connectivity index (χ1) is 15.9. The third kappa shape index (κ3) is 5.33. The zero-order valence-corrected chi connectivity index (χ0v) is 17.6. The van der Waals surface area contributed by atoms with Gasteiger partial charge in [-0.3, -0.25) is 4.79 Å². The van der Waals surface area contributed by atoms with Crippen LogP contribution in [0.3, 0.4) is 0 Å². The Morgan fingerprint density at radius 1 is 1.29 bits per heavy atom. The van der Waals surface area contributed by atoms with E-state index in [0.29, 0.717) is 6.07 Å². The maximum atomic E-state index is 14.0. The topological polar surface area (TPSA) is 121 Å². The predicted octanol–water partition coefficient (Wildman–Crippen LogP) is 3.25. The molecule has 13 heteroatoms. The molecule has 2 atom stereocenters. The van der Waals surface area contributed by atoms with Gasteiger partial charge in [0.25, 0.3) is 5.91 Å². The molecule has 1 aromatic carbocycles. The normalized spacial score (nSPS) is 16.6. The number of halogens is 5. The number of nitriles is 1. The van der Waals surface area contributed by atoms with E-state index in [2.05, 4.69) is 4.98 Å². The van der Waals surface area contributed by atoms with Crippen molar-refractivity contribution >= 4 is 17.7 Å². The number of pyridine rings is 1. The molecule has 2 heterocycles. The molecule has 2 amide bonds. The number of carbonyl (C=O) groups excluding carboxylic acids is 2. The van der Waals surface area contributed by atoms with Gasteiger partial charge in [-0.1, -0.05) is 0 Å². The molecule has 2 unspecified atom stereocenters. The number of amides is 2. The SMILES string of the molecule is CC(NC(=O)c1cnc(C#N)c(-c2cc(F)cc(F)c2)c1N1CCC(OC(N)=O)C1)C(F)(F)F. The first kappa shape index (κ1) is 24.7. The Morgan fingerprint density at radius 3 is 2.50 bits per heavy atom. The molecule has 1 aliphatic rings. The molecular weight excluding hydrogens is 465 g/mol. The van der Waals surface area contributed by atoms with E-state index in [-0.39, 0.29) is 47.6 Å². The van der Waals surface area contributed by atoms with Gasteiger partial charge < -0.3 is 20.7 Å². The highest BCUT2D eigenvalue weighted by molar-refractivity contribution is 6.04. The fourth-order valence-corrected chi connectivity index (χ4v) is 3.60. The number of anilines is 1. The summed E-state index contributed by atoms with van der Waals surface area (Å²) < 4.78 is 72.0. The number of nitrogens with zero attached hydrogens (tertiary/aromatic N) is 3. The molecular formula is C21H18F5N5O3. The van der Waals surface area contributed by atoms with E-state index < -0.39 is 42.0 Å². The maximum absolute atomic E-state index is 14.0. The van der Waals surface area contributed by atoms with Crippen molar-refractivity contribution in [3.05, 3.63) is 47.3 Å². The van der Waals surface area contributed by atoms with Crippen molar-refractivity contribution in [1.29, 1.82) is 5.26 Å². The Labute approximate surface area is 190 Å². The van der Waals surface area contributed by atoms with Crippen molar-refractivity contribution in [3.63, 3.8) is 0 Å². The second-order valence-corrected chi connectivity index (χ2v) is 7.54. The summed E-state index contributed by atoms with van der Waals surface area (Å²) in [5.41, 5.74) is 3.96. The van der Waals surface area contributed by atoms with E-state index >= 15 is 0 Å². The van der Waals surface area contributed by atoms with Crippen molar-refractivity contribution in [1.82, 2.24) is 10.3 Å². The van der Waals surface area contributed by atoms with Crippen LogP contribution in [0, 0.1) is 23.0 Å². The van der Waals surface area contributed by atoms with Gasteiger partial charge in [-0.2, -0.15) is 18.4 Å². The molecule has 1 aliphatic heterocycles. The molecule has 8 nitrogen and oxygen atoms in total. The third-order valence-corrected chi connectivity index (χ3v) is 5.14. The Kier molecular flexibility index (Phi) is 6.90. The summed E-state index contributed by atoms with van der Waals surface area (Å²) in [5.74, 6) is -3.14. The van der Waals surface area contributed by atoms with Gasteiger partial charge in [0.1, 0.15) is 35.5 Å². The van der Waals surface area contributed by atoms with E-state index in [4.69, 9.17) is 10.5 Å². The van der Waals surface area contributed by atoms with E-state index in [1.165, 1.54) is 4.90 Å². The van der Waals surface area contributed by atoms with Crippen molar-refractivity contribution in [3.8, 4) is 17.2 Å². The number of rotatable bonds is 5. The van der Waals surface area contributed by atoms with Crippen LogP contribution in [0.2, 0.25) is 0 Å². The number of hydrogen-bond donors (Lipinski definition) is 2. The first-order valence-corrected chi connectivity index (χ1v) is 9.89. The van der Waals surface area contributed by atoms with Gasteiger partial charge in [0.05, 0.1) is 17.8 Å². The molecule has 3 rings (SSSR count). The lowest BCUT2D eigenvalue weighted by atomic mass is 9.97. The number of aromatic nitrogens is 1. The molecule has 0 radical (unpaired) electrons. The maximum Gasteiger partial charge on any atom is 0.408 e. The molecule has 0 aliphatic carbocycles. The van der Waals surface area contributed by atoms with Crippen molar-refractivity contribution in [2.75, 3.05) is 18.0 Å². The van der Waals surface area contributed by atoms with Crippen LogP contribution >= 0.6 is 0 Å². The summed E-state index contributed by atoms with van der Waals surface area (Å²) in [5, 5.41) is 11.4. The average molecular weight is 483 g/mol. The summed E-state index contributed by atoms with van der Waals surface area (Å²) in [6.07, 6.45) is -5.36. The Hall–Kier alpha value is -3.95. The average Bonchev–Trinajstić information content (AvgIpc) is 3.18. The number of carbonyl (C=O) groups is 2. The van der Waals surface area contributed by atoms with Gasteiger partial charge in [-0.25, -0.2) is 18.6 Å². The van der Waals surface area contributed by atoms with Gasteiger partial charge >= 0.3 is 12.3 Å². The van der Waals surface area contributed by atoms with Crippen LogP contribution in [0.15, 0.2) is 24.4 Å². The zero-order chi connectivity index (χ0) is 25.2. The second kappa shape index (κ2) is 9.50. The Balaban J connectivity index is 2.19. The summed E-state index contributed by atoms with van der Waals surface area (Å²) in [7, 11) is 0. The van der Waals surface area contributed by atoms with Crippen LogP contribution < -0.4 is 16.0 Å². The summed E-state index contributed by atoms with van der Waals surface area (Å²) in [4.78, 5) is 29.3. The molecule has 3 N–H and O–H groups in total. The van der Waals surface area contributed by atoms with Gasteiger partial charge in [0, 0.05) is 30.8 Å². The molecule has 180 valence electrons. The zero-order valence-electron chi connectivity index (χ0n) is 17.6. The summed E-state index contributed by atoms with van der Waals surface area (Å²) in [6, 6.07) is 1.95. The van der Waals surface area contributed by atoms with E-state index in [0.717, 1.165) is 25.3 Å². The number of primary amides is 1. The molecule has 1 saturated heterocycles. The van der Waals surface area contributed by atoms with Crippen LogP contribution in [0.4, 0.5) is 32.4 Å². The molecule has 0 spiro atoms. The van der Waals surface area contributed by atoms with Gasteiger partial charge in [-0.15, -0.1) is 0 Å². The van der Waals surface area contributed by atoms with E-state index in [9.17, 15) is 36.8 Å². The van der Waals surface area contributed by atoms with Gasteiger partial charge in [0.2, 0.25) is 0 Å². The lowest BCUT2D eigenvalue weighted by molar-refractivity contribution is -0.149. The molecule has 1 aromatic heterocycles. The van der Waals surface area contributed by atoms with Crippen LogP contribution in [0.5, 0.6) is 0 Å². The minimum atomic E-state index is -4.74. The Morgan fingerprint density at radius 2 is 1.94 bits per heavy atom. The lowest BCUT2D eigenvalue weighted by Gasteiger charge is -2.26. The molecule has 0 bridgehead atoms. The fraction of sp³-hybridized carbons (Fsp3) is 0.333. The standard InChI is InChI=1S/C21H18F5N5O3/c1-10(21(24,25)26)30-19(32)15-8-29-16(7-27)17(11-4-12(22)6-13(23)5-11)18(15)31-3-2-14(9-31)34-20(28)33/h4-6,8,10,14H,2-3,9H2,1H3,(H2,28,33)(H,30,32). The number of ether oxygens (including phenoxy) is 1. The van der Waals surface area contributed by atoms with Gasteiger partial charge in [-0.05, 0) is 24.6 Å². The highest BCUT2D eigenvalue weighted by Gasteiger charge is 2.38. The number of alkyl halides is 3. The van der Waals surface area contributed by atoms with Crippen molar-refractivity contribution in [2.45, 2.75) is 31.7 Å². The summed E-state index contributed by atoms with van der Waals surface area (Å²) in [6.45, 7) is 0.828. The molecule has 1 fully saturated rings. The Bertz CT molecular complexity index is 1140. The smallest absolute Gasteiger partial charge is 0.408 e. The highest BCUT2D eigenvalue weighted by Crippen LogP contribution is 2.39. The highest BCUT2D eigenvalue weighted by atomic mass is 19.4. The predicted molar refractivity (Wildman–Crippen MR) is 109 cm³/mol. The molecule has 2 aromatic rings. The number of nitrogens with two attached hydrogens (primary N) is 1. The lowest BCUT2D eigenvalue weighted by Crippen LogP contribution is -2.43. The quantitative estimate of drug-likeness (QED) is 0.630. The third-order valence-electron chi connectivity index (χ3n) is 5.14. The van der Waals surface area contributed by atoms with Crippen LogP contribution in [0.1, 0.15) is 29.4 Å². The van der Waals surface area contributed by atoms with Crippen molar-refractivity contribution in [2.24, 2.45) is 5.73 Å². The summed E-state index contributed by atoms with van der Waals surface area (Å²) >= 11 is 0. The second-order valence-electron chi connectivity index (χ2n) is 7.54. The fourth-order valence-electron chi connectivity index (χ4n) is 3.60. The number of benzene rings is 1. The first-order valence-electron chi connectivity index (χ1n) is 9.89. The van der Waals surface area contributed by atoms with Crippen molar-refractivity contribution < 1.29 is 36.3 Å².